The van der Waals surface area contributed by atoms with Gasteiger partial charge in [-0.3, -0.25) is 4.79 Å². The smallest absolute Gasteiger partial charge is 0.226 e. The first-order chi connectivity index (χ1) is 7.68. The van der Waals surface area contributed by atoms with Crippen LogP contribution in [-0.4, -0.2) is 15.0 Å². The lowest BCUT2D eigenvalue weighted by molar-refractivity contribution is -0.111. The number of hydrogen-bond acceptors (Lipinski definition) is 2. The second-order valence-corrected chi connectivity index (χ2v) is 3.96. The van der Waals surface area contributed by atoms with E-state index in [1.54, 1.807) is 10.9 Å². The molecule has 16 heavy (non-hydrogen) atoms. The number of rotatable bonds is 3. The fourth-order valence-electron chi connectivity index (χ4n) is 1.60. The topological polar surface area (TPSA) is 34.9 Å². The monoisotopic (exact) mass is 234 g/mol. The molecule has 2 aromatic rings. The molecule has 0 atom stereocenters. The van der Waals surface area contributed by atoms with Gasteiger partial charge in [0.1, 0.15) is 0 Å². The predicted molar refractivity (Wildman–Crippen MR) is 62.9 cm³/mol. The molecule has 0 N–H and O–H groups in total. The Bertz CT molecular complexity index is 505. The molecule has 0 spiro atoms. The van der Waals surface area contributed by atoms with Gasteiger partial charge in [-0.25, -0.2) is 4.68 Å². The molecular weight excluding hydrogens is 224 g/mol. The SMILES string of the molecule is Cc1c(CC(=O)Cl)cnn1-c1ccccc1. The first-order valence-corrected chi connectivity index (χ1v) is 5.33. The number of halogens is 1. The summed E-state index contributed by atoms with van der Waals surface area (Å²) in [6.45, 7) is 1.93. The number of carbonyl (C=O) groups is 1. The van der Waals surface area contributed by atoms with Crippen LogP contribution in [-0.2, 0) is 11.2 Å². The van der Waals surface area contributed by atoms with Gasteiger partial charge >= 0.3 is 0 Å². The number of hydrogen-bond donors (Lipinski definition) is 0. The van der Waals surface area contributed by atoms with Gasteiger partial charge < -0.3 is 0 Å². The molecule has 0 aliphatic carbocycles. The molecule has 4 heteroatoms. The van der Waals surface area contributed by atoms with Gasteiger partial charge in [0.25, 0.3) is 0 Å². The fraction of sp³-hybridized carbons (Fsp3) is 0.167. The summed E-state index contributed by atoms with van der Waals surface area (Å²) >= 11 is 5.36. The number of carbonyl (C=O) groups excluding carboxylic acids is 1. The Kier molecular flexibility index (Phi) is 3.06. The highest BCUT2D eigenvalue weighted by atomic mass is 35.5. The van der Waals surface area contributed by atoms with Crippen LogP contribution < -0.4 is 0 Å². The van der Waals surface area contributed by atoms with Crippen molar-refractivity contribution in [3.63, 3.8) is 0 Å². The zero-order valence-corrected chi connectivity index (χ0v) is 9.61. The predicted octanol–water partition coefficient (Wildman–Crippen LogP) is 2.49. The summed E-state index contributed by atoms with van der Waals surface area (Å²) in [5.74, 6) is 0. The number of nitrogens with zero attached hydrogens (tertiary/aromatic N) is 2. The van der Waals surface area contributed by atoms with E-state index in [1.165, 1.54) is 0 Å². The molecule has 0 radical (unpaired) electrons. The molecule has 82 valence electrons. The van der Waals surface area contributed by atoms with Crippen LogP contribution in [0.2, 0.25) is 0 Å². The molecule has 1 aromatic heterocycles. The summed E-state index contributed by atoms with van der Waals surface area (Å²) in [6, 6.07) is 9.77. The molecule has 0 unspecified atom stereocenters. The maximum Gasteiger partial charge on any atom is 0.226 e. The lowest BCUT2D eigenvalue weighted by atomic mass is 10.2. The molecule has 2 rings (SSSR count). The Morgan fingerprint density at radius 2 is 2.06 bits per heavy atom. The van der Waals surface area contributed by atoms with E-state index in [0.29, 0.717) is 0 Å². The van der Waals surface area contributed by atoms with Gasteiger partial charge in [0.15, 0.2) is 0 Å². The summed E-state index contributed by atoms with van der Waals surface area (Å²) in [6.07, 6.45) is 1.91. The van der Waals surface area contributed by atoms with Gasteiger partial charge in [-0.05, 0) is 30.7 Å². The normalized spacial score (nSPS) is 10.4. The Hall–Kier alpha value is -1.61. The maximum absolute atomic E-state index is 10.8. The van der Waals surface area contributed by atoms with E-state index in [-0.39, 0.29) is 11.7 Å². The van der Waals surface area contributed by atoms with E-state index in [0.717, 1.165) is 16.9 Å². The van der Waals surface area contributed by atoms with Crippen molar-refractivity contribution in [3.8, 4) is 5.69 Å². The zero-order valence-electron chi connectivity index (χ0n) is 8.85. The van der Waals surface area contributed by atoms with Crippen molar-refractivity contribution in [1.82, 2.24) is 9.78 Å². The van der Waals surface area contributed by atoms with E-state index in [4.69, 9.17) is 11.6 Å². The van der Waals surface area contributed by atoms with Crippen molar-refractivity contribution >= 4 is 16.8 Å². The Morgan fingerprint density at radius 3 is 2.69 bits per heavy atom. The molecule has 0 amide bonds. The van der Waals surface area contributed by atoms with E-state index in [9.17, 15) is 4.79 Å². The largest absolute Gasteiger partial charge is 0.281 e. The zero-order chi connectivity index (χ0) is 11.5. The van der Waals surface area contributed by atoms with Crippen LogP contribution in [0.1, 0.15) is 11.3 Å². The third kappa shape index (κ3) is 2.14. The maximum atomic E-state index is 10.8. The standard InChI is InChI=1S/C12H11ClN2O/c1-9-10(7-12(13)16)8-14-15(9)11-5-3-2-4-6-11/h2-6,8H,7H2,1H3. The van der Waals surface area contributed by atoms with Crippen LogP contribution in [0, 0.1) is 6.92 Å². The summed E-state index contributed by atoms with van der Waals surface area (Å²) in [5.41, 5.74) is 2.79. The van der Waals surface area contributed by atoms with E-state index in [1.807, 2.05) is 37.3 Å². The van der Waals surface area contributed by atoms with Crippen molar-refractivity contribution in [1.29, 1.82) is 0 Å². The number of aromatic nitrogens is 2. The average Bonchev–Trinajstić information content (AvgIpc) is 2.61. The van der Waals surface area contributed by atoms with Gasteiger partial charge in [0.2, 0.25) is 5.24 Å². The van der Waals surface area contributed by atoms with Crippen molar-refractivity contribution < 1.29 is 4.79 Å². The van der Waals surface area contributed by atoms with Crippen molar-refractivity contribution in [2.75, 3.05) is 0 Å². The summed E-state index contributed by atoms with van der Waals surface area (Å²) in [4.78, 5) is 10.8. The van der Waals surface area contributed by atoms with Gasteiger partial charge in [0, 0.05) is 11.3 Å². The van der Waals surface area contributed by atoms with Gasteiger partial charge in [-0.15, -0.1) is 0 Å². The van der Waals surface area contributed by atoms with Crippen LogP contribution in [0.3, 0.4) is 0 Å². The van der Waals surface area contributed by atoms with Gasteiger partial charge in [-0.2, -0.15) is 5.10 Å². The van der Waals surface area contributed by atoms with Crippen LogP contribution >= 0.6 is 11.6 Å². The van der Waals surface area contributed by atoms with E-state index >= 15 is 0 Å². The quantitative estimate of drug-likeness (QED) is 0.765. The first-order valence-electron chi connectivity index (χ1n) is 4.95. The Morgan fingerprint density at radius 1 is 1.38 bits per heavy atom. The molecule has 0 fully saturated rings. The van der Waals surface area contributed by atoms with Crippen molar-refractivity contribution in [3.05, 3.63) is 47.8 Å². The molecular formula is C12H11ClN2O. The lowest BCUT2D eigenvalue weighted by Gasteiger charge is -2.04. The van der Waals surface area contributed by atoms with E-state index < -0.39 is 0 Å². The highest BCUT2D eigenvalue weighted by molar-refractivity contribution is 6.63. The third-order valence-corrected chi connectivity index (χ3v) is 2.58. The second-order valence-electron chi connectivity index (χ2n) is 3.53. The minimum absolute atomic E-state index is 0.222. The molecule has 1 heterocycles. The highest BCUT2D eigenvalue weighted by Gasteiger charge is 2.09. The fourth-order valence-corrected chi connectivity index (χ4v) is 1.74. The highest BCUT2D eigenvalue weighted by Crippen LogP contribution is 2.14. The first kappa shape index (κ1) is 10.9. The Labute approximate surface area is 98.7 Å². The summed E-state index contributed by atoms with van der Waals surface area (Å²) < 4.78 is 1.80. The number of para-hydroxylation sites is 1. The molecule has 0 bridgehead atoms. The van der Waals surface area contributed by atoms with Crippen LogP contribution in [0.4, 0.5) is 0 Å². The molecule has 0 saturated carbocycles. The summed E-state index contributed by atoms with van der Waals surface area (Å²) in [5, 5.41) is 3.88. The Balaban J connectivity index is 2.37. The molecule has 0 aliphatic rings. The molecule has 0 saturated heterocycles. The second kappa shape index (κ2) is 4.49. The van der Waals surface area contributed by atoms with Crippen molar-refractivity contribution in [2.45, 2.75) is 13.3 Å². The van der Waals surface area contributed by atoms with Gasteiger partial charge in [-0.1, -0.05) is 18.2 Å². The lowest BCUT2D eigenvalue weighted by Crippen LogP contribution is -2.00. The van der Waals surface area contributed by atoms with Crippen LogP contribution in [0.25, 0.3) is 5.69 Å². The van der Waals surface area contributed by atoms with Crippen LogP contribution in [0.15, 0.2) is 36.5 Å². The van der Waals surface area contributed by atoms with Crippen LogP contribution in [0.5, 0.6) is 0 Å². The van der Waals surface area contributed by atoms with Crippen molar-refractivity contribution in [2.24, 2.45) is 0 Å². The van der Waals surface area contributed by atoms with Gasteiger partial charge in [0.05, 0.1) is 18.3 Å². The third-order valence-electron chi connectivity index (χ3n) is 2.44. The summed E-state index contributed by atoms with van der Waals surface area (Å²) in [7, 11) is 0. The molecule has 1 aromatic carbocycles. The molecule has 0 aliphatic heterocycles. The van der Waals surface area contributed by atoms with E-state index in [2.05, 4.69) is 5.10 Å². The average molecular weight is 235 g/mol. The number of benzene rings is 1. The minimum atomic E-state index is -0.365. The minimum Gasteiger partial charge on any atom is -0.281 e. The molecule has 3 nitrogen and oxygen atoms in total.